The second kappa shape index (κ2) is 18.8. The number of esters is 1. The molecule has 0 saturated heterocycles. The third kappa shape index (κ3) is 13.2. The lowest BCUT2D eigenvalue weighted by molar-refractivity contribution is -0.144. The lowest BCUT2D eigenvalue weighted by atomic mass is 10.0. The highest BCUT2D eigenvalue weighted by Crippen LogP contribution is 2.13. The van der Waals surface area contributed by atoms with Gasteiger partial charge in [0.25, 0.3) is 11.8 Å². The van der Waals surface area contributed by atoms with Crippen molar-refractivity contribution < 1.29 is 38.3 Å². The minimum atomic E-state index is -0.985. The van der Waals surface area contributed by atoms with Crippen LogP contribution in [0, 0.1) is 5.92 Å². The third-order valence-corrected chi connectivity index (χ3v) is 6.96. The quantitative estimate of drug-likeness (QED) is 0.0863. The van der Waals surface area contributed by atoms with Crippen molar-refractivity contribution in [3.63, 3.8) is 0 Å². The first-order chi connectivity index (χ1) is 21.4. The normalized spacial score (nSPS) is 13.7. The Balaban J connectivity index is 1.94. The molecule has 0 bridgehead atoms. The maximum absolute atomic E-state index is 13.3. The zero-order valence-electron chi connectivity index (χ0n) is 26.1. The van der Waals surface area contributed by atoms with Gasteiger partial charge in [0.1, 0.15) is 18.7 Å². The molecule has 2 rings (SSSR count). The number of amides is 7. The predicted octanol–water partition coefficient (Wildman–Crippen LogP) is 1.64. The van der Waals surface area contributed by atoms with Gasteiger partial charge in [0.2, 0.25) is 17.7 Å². The van der Waals surface area contributed by atoms with E-state index in [1.165, 1.54) is 12.2 Å². The number of imide groups is 1. The zero-order chi connectivity index (χ0) is 33.4. The fraction of sp³-hybridized carbons (Fsp3) is 0.516. The molecule has 1 aliphatic heterocycles. The zero-order valence-corrected chi connectivity index (χ0v) is 26.1. The van der Waals surface area contributed by atoms with Gasteiger partial charge in [-0.05, 0) is 49.3 Å². The van der Waals surface area contributed by atoms with E-state index in [4.69, 9.17) is 10.5 Å². The minimum absolute atomic E-state index is 0.104. The van der Waals surface area contributed by atoms with Crippen molar-refractivity contribution in [3.05, 3.63) is 42.0 Å². The first-order valence-corrected chi connectivity index (χ1v) is 15.1. The molecule has 0 unspecified atom stereocenters. The minimum Gasteiger partial charge on any atom is -0.461 e. The van der Waals surface area contributed by atoms with Crippen LogP contribution in [0.4, 0.5) is 10.5 Å². The summed E-state index contributed by atoms with van der Waals surface area (Å²) in [5.74, 6) is -2.66. The number of nitrogens with one attached hydrogen (secondary N) is 4. The molecule has 0 aliphatic carbocycles. The fourth-order valence-electron chi connectivity index (χ4n) is 4.39. The fourth-order valence-corrected chi connectivity index (χ4v) is 4.39. The lowest BCUT2D eigenvalue weighted by Crippen LogP contribution is -2.54. The van der Waals surface area contributed by atoms with Crippen LogP contribution < -0.4 is 27.0 Å². The van der Waals surface area contributed by atoms with Gasteiger partial charge < -0.3 is 31.7 Å². The lowest BCUT2D eigenvalue weighted by Gasteiger charge is -2.25. The molecular weight excluding hydrogens is 584 g/mol. The van der Waals surface area contributed by atoms with Crippen LogP contribution in [0.3, 0.4) is 0 Å². The van der Waals surface area contributed by atoms with Crippen LogP contribution in [0.5, 0.6) is 0 Å². The first kappa shape index (κ1) is 36.4. The van der Waals surface area contributed by atoms with Crippen LogP contribution in [0.15, 0.2) is 36.4 Å². The molecular formula is C31H44N6O8. The number of carbonyl (C=O) groups excluding carboxylic acids is 7. The van der Waals surface area contributed by atoms with E-state index in [9.17, 15) is 33.6 Å². The summed E-state index contributed by atoms with van der Waals surface area (Å²) in [6, 6.07) is 4.10. The average molecular weight is 629 g/mol. The number of urea groups is 1. The van der Waals surface area contributed by atoms with Gasteiger partial charge in [-0.1, -0.05) is 39.3 Å². The summed E-state index contributed by atoms with van der Waals surface area (Å²) < 4.78 is 5.11. The summed E-state index contributed by atoms with van der Waals surface area (Å²) in [6.07, 6.45) is 5.05. The molecule has 2 atom stereocenters. The average Bonchev–Trinajstić information content (AvgIpc) is 3.32. The van der Waals surface area contributed by atoms with Gasteiger partial charge >= 0.3 is 12.0 Å². The van der Waals surface area contributed by atoms with E-state index >= 15 is 0 Å². The van der Waals surface area contributed by atoms with Crippen molar-refractivity contribution in [3.8, 4) is 0 Å². The monoisotopic (exact) mass is 628 g/mol. The Kier molecular flexibility index (Phi) is 15.2. The van der Waals surface area contributed by atoms with Crippen LogP contribution in [0.1, 0.15) is 71.3 Å². The van der Waals surface area contributed by atoms with Crippen LogP contribution in [-0.4, -0.2) is 71.6 Å². The number of unbranched alkanes of at least 4 members (excludes halogenated alkanes) is 2. The Labute approximate surface area is 262 Å². The van der Waals surface area contributed by atoms with Crippen molar-refractivity contribution in [2.24, 2.45) is 11.7 Å². The van der Waals surface area contributed by atoms with Crippen LogP contribution in [0.2, 0.25) is 0 Å². The van der Waals surface area contributed by atoms with E-state index in [0.29, 0.717) is 31.4 Å². The molecule has 1 aliphatic rings. The molecule has 0 aromatic heterocycles. The van der Waals surface area contributed by atoms with Crippen LogP contribution in [0.25, 0.3) is 0 Å². The molecule has 0 fully saturated rings. The summed E-state index contributed by atoms with van der Waals surface area (Å²) in [7, 11) is 0. The van der Waals surface area contributed by atoms with E-state index in [0.717, 1.165) is 10.5 Å². The predicted molar refractivity (Wildman–Crippen MR) is 165 cm³/mol. The van der Waals surface area contributed by atoms with E-state index in [-0.39, 0.29) is 68.6 Å². The van der Waals surface area contributed by atoms with Crippen molar-refractivity contribution in [1.29, 1.82) is 0 Å². The van der Waals surface area contributed by atoms with Gasteiger partial charge in [-0.2, -0.15) is 0 Å². The number of nitrogens with zero attached hydrogens (tertiary/aromatic N) is 1. The Morgan fingerprint density at radius 1 is 0.889 bits per heavy atom. The van der Waals surface area contributed by atoms with Gasteiger partial charge in [-0.25, -0.2) is 4.79 Å². The molecule has 0 spiro atoms. The highest BCUT2D eigenvalue weighted by molar-refractivity contribution is 6.12. The highest BCUT2D eigenvalue weighted by Gasteiger charge is 2.29. The second-order valence-electron chi connectivity index (χ2n) is 11.0. The summed E-state index contributed by atoms with van der Waals surface area (Å²) in [4.78, 5) is 86.1. The van der Waals surface area contributed by atoms with Crippen molar-refractivity contribution in [2.75, 3.05) is 18.4 Å². The highest BCUT2D eigenvalue weighted by atomic mass is 16.5. The van der Waals surface area contributed by atoms with E-state index < -0.39 is 29.9 Å². The SMILES string of the molecule is CCC(=O)OCc1ccc(NC(=O)[C@H](CCCNC(N)=O)NC(=O)[C@@H](NC(=O)CCCCCN2C(=O)C=CC2=O)C(C)C)cc1. The van der Waals surface area contributed by atoms with Gasteiger partial charge in [-0.15, -0.1) is 0 Å². The molecule has 7 amide bonds. The molecule has 6 N–H and O–H groups in total. The first-order valence-electron chi connectivity index (χ1n) is 15.1. The van der Waals surface area contributed by atoms with Gasteiger partial charge in [0, 0.05) is 43.8 Å². The molecule has 0 saturated carbocycles. The summed E-state index contributed by atoms with van der Waals surface area (Å²) >= 11 is 0. The summed E-state index contributed by atoms with van der Waals surface area (Å²) in [5, 5.41) is 10.7. The van der Waals surface area contributed by atoms with Gasteiger partial charge in [0.15, 0.2) is 0 Å². The summed E-state index contributed by atoms with van der Waals surface area (Å²) in [5.41, 5.74) is 6.32. The number of anilines is 1. The standard InChI is InChI=1S/C31H44N6O8/c1-4-27(41)45-19-21-11-13-22(14-12-21)34-29(42)23(9-8-17-33-31(32)44)35-30(43)28(20(2)3)36-24(38)10-6-5-7-18-37-25(39)15-16-26(37)40/h11-16,20,23,28H,4-10,17-19H2,1-3H3,(H,34,42)(H,35,43)(H,36,38)(H3,32,33,44)/t23-,28-/m0/s1. The Bertz CT molecular complexity index is 1230. The van der Waals surface area contributed by atoms with E-state index in [1.807, 2.05) is 0 Å². The molecule has 1 aromatic rings. The van der Waals surface area contributed by atoms with Gasteiger partial charge in [-0.3, -0.25) is 33.7 Å². The molecule has 0 radical (unpaired) electrons. The molecule has 45 heavy (non-hydrogen) atoms. The molecule has 246 valence electrons. The smallest absolute Gasteiger partial charge is 0.312 e. The van der Waals surface area contributed by atoms with Crippen molar-refractivity contribution in [2.45, 2.75) is 84.4 Å². The van der Waals surface area contributed by atoms with Crippen molar-refractivity contribution >= 4 is 47.2 Å². The molecule has 14 heteroatoms. The number of benzene rings is 1. The maximum atomic E-state index is 13.3. The van der Waals surface area contributed by atoms with E-state index in [2.05, 4.69) is 21.3 Å². The number of hydrogen-bond acceptors (Lipinski definition) is 8. The number of nitrogens with two attached hydrogens (primary N) is 1. The Hall–Kier alpha value is -4.75. The molecule has 1 aromatic carbocycles. The molecule has 1 heterocycles. The third-order valence-electron chi connectivity index (χ3n) is 6.96. The van der Waals surface area contributed by atoms with Gasteiger partial charge in [0.05, 0.1) is 0 Å². The Morgan fingerprint density at radius 3 is 2.16 bits per heavy atom. The van der Waals surface area contributed by atoms with Crippen LogP contribution in [-0.2, 0) is 40.1 Å². The number of primary amides is 1. The largest absolute Gasteiger partial charge is 0.461 e. The molecule has 14 nitrogen and oxygen atoms in total. The Morgan fingerprint density at radius 2 is 1.56 bits per heavy atom. The topological polar surface area (TPSA) is 206 Å². The number of carbonyl (C=O) groups is 7. The number of ether oxygens (including phenoxy) is 1. The number of hydrogen-bond donors (Lipinski definition) is 5. The van der Waals surface area contributed by atoms with Crippen molar-refractivity contribution in [1.82, 2.24) is 20.9 Å². The van der Waals surface area contributed by atoms with E-state index in [1.54, 1.807) is 45.0 Å². The number of rotatable bonds is 19. The second-order valence-corrected chi connectivity index (χ2v) is 11.0. The van der Waals surface area contributed by atoms with Crippen LogP contribution >= 0.6 is 0 Å². The summed E-state index contributed by atoms with van der Waals surface area (Å²) in [6.45, 7) is 5.82. The maximum Gasteiger partial charge on any atom is 0.312 e.